The topological polar surface area (TPSA) is 87.9 Å². The summed E-state index contributed by atoms with van der Waals surface area (Å²) in [7, 11) is 0. The third-order valence-electron chi connectivity index (χ3n) is 5.82. The number of fused-ring (bicyclic) bond motifs is 1. The first-order valence-corrected chi connectivity index (χ1v) is 11.2. The molecule has 1 saturated heterocycles. The predicted molar refractivity (Wildman–Crippen MR) is 115 cm³/mol. The second-order valence-corrected chi connectivity index (χ2v) is 8.96. The number of alkyl halides is 3. The molecule has 1 amide bonds. The third kappa shape index (κ3) is 5.89. The summed E-state index contributed by atoms with van der Waals surface area (Å²) in [5, 5.41) is 13.9. The zero-order valence-corrected chi connectivity index (χ0v) is 19.0. The number of aromatic nitrogens is 2. The van der Waals surface area contributed by atoms with Gasteiger partial charge in [-0.05, 0) is 42.7 Å². The van der Waals surface area contributed by atoms with Crippen LogP contribution in [0.25, 0.3) is 0 Å². The van der Waals surface area contributed by atoms with E-state index in [1.807, 2.05) is 4.90 Å². The minimum absolute atomic E-state index is 0.0971. The molecular formula is C22H24ClF3N4O4. The molecule has 1 N–H and O–H groups in total. The Morgan fingerprint density at radius 2 is 1.97 bits per heavy atom. The summed E-state index contributed by atoms with van der Waals surface area (Å²) in [6, 6.07) is 4.67. The highest BCUT2D eigenvalue weighted by molar-refractivity contribution is 6.30. The fourth-order valence-corrected chi connectivity index (χ4v) is 4.39. The third-order valence-corrected chi connectivity index (χ3v) is 6.04. The maximum atomic E-state index is 13.0. The number of amides is 1. The number of likely N-dealkylation sites (tertiary alicyclic amines) is 1. The van der Waals surface area contributed by atoms with E-state index in [0.717, 1.165) is 12.1 Å². The highest BCUT2D eigenvalue weighted by atomic mass is 35.5. The number of Topliss-reactive ketones (excluding diaryl/α,β-unsaturated/α-hetero) is 1. The molecule has 1 unspecified atom stereocenters. The molecule has 8 nitrogen and oxygen atoms in total. The molecule has 3 heterocycles. The molecule has 4 rings (SSSR count). The van der Waals surface area contributed by atoms with Gasteiger partial charge in [-0.3, -0.25) is 14.4 Å². The van der Waals surface area contributed by atoms with E-state index in [1.54, 1.807) is 10.7 Å². The first-order valence-electron chi connectivity index (χ1n) is 10.9. The molecule has 184 valence electrons. The lowest BCUT2D eigenvalue weighted by molar-refractivity contribution is -0.137. The summed E-state index contributed by atoms with van der Waals surface area (Å²) >= 11 is 5.78. The molecule has 2 aliphatic heterocycles. The molecule has 1 fully saturated rings. The molecule has 0 bridgehead atoms. The van der Waals surface area contributed by atoms with E-state index in [0.29, 0.717) is 50.4 Å². The molecular weight excluding hydrogens is 477 g/mol. The number of hydrogen-bond acceptors (Lipinski definition) is 6. The number of aryl methyl sites for hydroxylation is 1. The Morgan fingerprint density at radius 1 is 1.18 bits per heavy atom. The van der Waals surface area contributed by atoms with Gasteiger partial charge in [-0.25, -0.2) is 4.79 Å². The number of ketones is 1. The normalized spacial score (nSPS) is 19.1. The zero-order valence-electron chi connectivity index (χ0n) is 18.2. The van der Waals surface area contributed by atoms with Crippen molar-refractivity contribution >= 4 is 23.5 Å². The first-order chi connectivity index (χ1) is 16.1. The minimum Gasteiger partial charge on any atom is -0.445 e. The first kappa shape index (κ1) is 24.5. The highest BCUT2D eigenvalue weighted by Crippen LogP contribution is 2.32. The molecule has 2 aliphatic rings. The Balaban J connectivity index is 1.38. The maximum Gasteiger partial charge on any atom is 0.416 e. The average molecular weight is 501 g/mol. The van der Waals surface area contributed by atoms with E-state index in [-0.39, 0.29) is 36.1 Å². The lowest BCUT2D eigenvalue weighted by Gasteiger charge is -2.19. The summed E-state index contributed by atoms with van der Waals surface area (Å²) in [5.41, 5.74) is 0.185. The molecule has 0 spiro atoms. The van der Waals surface area contributed by atoms with E-state index in [4.69, 9.17) is 16.3 Å². The van der Waals surface area contributed by atoms with Gasteiger partial charge in [-0.15, -0.1) is 0 Å². The quantitative estimate of drug-likeness (QED) is 0.634. The standard InChI is InChI=1S/C22H24ClF3N4O4/c23-16-7-14(6-15(8-16)22(24,25)26)13-34-21(33)29-3-1-4-30-17(10-29)9-19(27-30)20(32)12-28-5-2-18(31)11-28/h6-9,18,31H,1-5,10-13H2. The average Bonchev–Trinajstić information content (AvgIpc) is 3.30. The second-order valence-electron chi connectivity index (χ2n) is 8.52. The molecule has 0 aliphatic carbocycles. The molecule has 1 aromatic heterocycles. The SMILES string of the molecule is O=C(CN1CCC(O)C1)c1cc2n(n1)CCCN(C(=O)OCc1cc(Cl)cc(C(F)(F)F)c1)C2. The Bertz CT molecular complexity index is 1070. The van der Waals surface area contributed by atoms with Crippen molar-refractivity contribution in [3.05, 3.63) is 51.8 Å². The summed E-state index contributed by atoms with van der Waals surface area (Å²) in [4.78, 5) is 28.5. The maximum absolute atomic E-state index is 13.0. The van der Waals surface area contributed by atoms with Gasteiger partial charge in [-0.1, -0.05) is 11.6 Å². The predicted octanol–water partition coefficient (Wildman–Crippen LogP) is 3.35. The number of nitrogens with zero attached hydrogens (tertiary/aromatic N) is 4. The van der Waals surface area contributed by atoms with Gasteiger partial charge in [0.25, 0.3) is 0 Å². The molecule has 0 saturated carbocycles. The van der Waals surface area contributed by atoms with Gasteiger partial charge in [0.15, 0.2) is 5.78 Å². The molecule has 34 heavy (non-hydrogen) atoms. The zero-order chi connectivity index (χ0) is 24.5. The van der Waals surface area contributed by atoms with Gasteiger partial charge < -0.3 is 14.7 Å². The van der Waals surface area contributed by atoms with Crippen LogP contribution in [0.3, 0.4) is 0 Å². The summed E-state index contributed by atoms with van der Waals surface area (Å²) in [6.07, 6.45) is -4.45. The van der Waals surface area contributed by atoms with Crippen molar-refractivity contribution in [1.29, 1.82) is 0 Å². The van der Waals surface area contributed by atoms with E-state index in [9.17, 15) is 27.9 Å². The van der Waals surface area contributed by atoms with E-state index in [1.165, 1.54) is 11.0 Å². The van der Waals surface area contributed by atoms with E-state index in [2.05, 4.69) is 5.10 Å². The van der Waals surface area contributed by atoms with Crippen molar-refractivity contribution in [3.63, 3.8) is 0 Å². The second kappa shape index (κ2) is 9.93. The molecule has 1 atom stereocenters. The Morgan fingerprint density at radius 3 is 2.68 bits per heavy atom. The van der Waals surface area contributed by atoms with Crippen molar-refractivity contribution in [1.82, 2.24) is 19.6 Å². The molecule has 12 heteroatoms. The van der Waals surface area contributed by atoms with Crippen molar-refractivity contribution in [2.24, 2.45) is 0 Å². The Hall–Kier alpha value is -2.63. The van der Waals surface area contributed by atoms with Crippen LogP contribution in [0.15, 0.2) is 24.3 Å². The Kier molecular flexibility index (Phi) is 7.15. The van der Waals surface area contributed by atoms with Crippen LogP contribution in [0.2, 0.25) is 5.02 Å². The van der Waals surface area contributed by atoms with Crippen LogP contribution in [0.1, 0.15) is 40.2 Å². The number of aliphatic hydroxyl groups excluding tert-OH is 1. The number of benzene rings is 1. The fourth-order valence-electron chi connectivity index (χ4n) is 4.13. The lowest BCUT2D eigenvalue weighted by atomic mass is 10.1. The summed E-state index contributed by atoms with van der Waals surface area (Å²) in [6.45, 7) is 1.96. The lowest BCUT2D eigenvalue weighted by Crippen LogP contribution is -2.31. The number of rotatable bonds is 5. The molecule has 2 aromatic rings. The number of β-amino-alcohol motifs (C(OH)–C–C–N with tert-alkyl or cyclic N) is 1. The number of ether oxygens (including phenoxy) is 1. The van der Waals surface area contributed by atoms with Crippen molar-refractivity contribution in [3.8, 4) is 0 Å². The van der Waals surface area contributed by atoms with Crippen LogP contribution in [0, 0.1) is 0 Å². The number of hydrogen-bond donors (Lipinski definition) is 1. The number of carbonyl (C=O) groups excluding carboxylic acids is 2. The molecule has 1 aromatic carbocycles. The van der Waals surface area contributed by atoms with Crippen LogP contribution in [-0.4, -0.2) is 68.8 Å². The van der Waals surface area contributed by atoms with Crippen LogP contribution in [-0.2, 0) is 30.6 Å². The fraction of sp³-hybridized carbons (Fsp3) is 0.500. The van der Waals surface area contributed by atoms with Crippen LogP contribution in [0.5, 0.6) is 0 Å². The van der Waals surface area contributed by atoms with Crippen LogP contribution < -0.4 is 0 Å². The van der Waals surface area contributed by atoms with Gasteiger partial charge in [0, 0.05) is 31.2 Å². The van der Waals surface area contributed by atoms with Crippen LogP contribution in [0.4, 0.5) is 18.0 Å². The monoisotopic (exact) mass is 500 g/mol. The van der Waals surface area contributed by atoms with Crippen LogP contribution >= 0.6 is 11.6 Å². The highest BCUT2D eigenvalue weighted by Gasteiger charge is 2.31. The summed E-state index contributed by atoms with van der Waals surface area (Å²) in [5.74, 6) is -0.162. The Labute approximate surface area is 198 Å². The minimum atomic E-state index is -4.56. The van der Waals surface area contributed by atoms with Crippen molar-refractivity contribution in [2.45, 2.75) is 44.8 Å². The smallest absolute Gasteiger partial charge is 0.416 e. The van der Waals surface area contributed by atoms with Gasteiger partial charge >= 0.3 is 12.3 Å². The number of aliphatic hydroxyl groups is 1. The van der Waals surface area contributed by atoms with Gasteiger partial charge in [0.1, 0.15) is 12.3 Å². The van der Waals surface area contributed by atoms with Gasteiger partial charge in [-0.2, -0.15) is 18.3 Å². The van der Waals surface area contributed by atoms with Crippen molar-refractivity contribution in [2.75, 3.05) is 26.2 Å². The van der Waals surface area contributed by atoms with Crippen molar-refractivity contribution < 1.29 is 32.6 Å². The molecule has 0 radical (unpaired) electrons. The largest absolute Gasteiger partial charge is 0.445 e. The number of halogens is 4. The van der Waals surface area contributed by atoms with E-state index >= 15 is 0 Å². The van der Waals surface area contributed by atoms with Gasteiger partial charge in [0.05, 0.1) is 30.5 Å². The number of carbonyl (C=O) groups is 2. The van der Waals surface area contributed by atoms with E-state index < -0.39 is 23.9 Å². The van der Waals surface area contributed by atoms with Gasteiger partial charge in [0.2, 0.25) is 0 Å². The summed E-state index contributed by atoms with van der Waals surface area (Å²) < 4.78 is 45.9.